The average molecular weight is 499 g/mol. The highest BCUT2D eigenvalue weighted by atomic mass is 19.4. The molecule has 0 saturated heterocycles. The van der Waals surface area contributed by atoms with E-state index < -0.39 is 47.9 Å². The van der Waals surface area contributed by atoms with E-state index in [1.54, 1.807) is 42.6 Å². The minimum Gasteiger partial charge on any atom is -0.342 e. The Morgan fingerprint density at radius 3 is 2.06 bits per heavy atom. The van der Waals surface area contributed by atoms with Crippen LogP contribution in [0, 0.1) is 5.92 Å². The molecule has 3 N–H and O–H groups in total. The van der Waals surface area contributed by atoms with E-state index in [4.69, 9.17) is 0 Å². The quantitative estimate of drug-likeness (QED) is 0.408. The zero-order valence-electron chi connectivity index (χ0n) is 20.5. The number of para-hydroxylation sites is 1. The maximum atomic E-state index is 13.3. The number of carbonyl (C=O) groups is 4. The van der Waals surface area contributed by atoms with Crippen LogP contribution in [0.3, 0.4) is 0 Å². The van der Waals surface area contributed by atoms with Crippen molar-refractivity contribution in [2.75, 3.05) is 12.4 Å². The summed E-state index contributed by atoms with van der Waals surface area (Å²) in [5.74, 6) is -4.25. The summed E-state index contributed by atoms with van der Waals surface area (Å²) < 4.78 is 37.5. The molecule has 0 unspecified atom stereocenters. The molecule has 4 amide bonds. The van der Waals surface area contributed by atoms with Gasteiger partial charge in [0.05, 0.1) is 0 Å². The van der Waals surface area contributed by atoms with E-state index in [-0.39, 0.29) is 12.3 Å². The third-order valence-electron chi connectivity index (χ3n) is 5.02. The lowest BCUT2D eigenvalue weighted by Crippen LogP contribution is -2.57. The lowest BCUT2D eigenvalue weighted by molar-refractivity contribution is -0.174. The monoisotopic (exact) mass is 498 g/mol. The molecule has 0 aliphatic heterocycles. The van der Waals surface area contributed by atoms with E-state index in [9.17, 15) is 32.3 Å². The normalized spacial score (nSPS) is 13.9. The first-order valence-corrected chi connectivity index (χ1v) is 11.1. The molecular formula is C24H33F3N4O4. The average Bonchev–Trinajstić information content (AvgIpc) is 2.75. The van der Waals surface area contributed by atoms with Crippen molar-refractivity contribution in [1.29, 1.82) is 0 Å². The van der Waals surface area contributed by atoms with Crippen LogP contribution in [0.5, 0.6) is 0 Å². The van der Waals surface area contributed by atoms with Gasteiger partial charge in [0.1, 0.15) is 18.1 Å². The van der Waals surface area contributed by atoms with Crippen molar-refractivity contribution in [3.63, 3.8) is 0 Å². The van der Waals surface area contributed by atoms with Crippen molar-refractivity contribution in [2.45, 2.75) is 64.8 Å². The predicted octanol–water partition coefficient (Wildman–Crippen LogP) is 3.02. The molecule has 0 heterocycles. The van der Waals surface area contributed by atoms with Gasteiger partial charge < -0.3 is 20.9 Å². The molecule has 1 rings (SSSR count). The lowest BCUT2D eigenvalue weighted by atomic mass is 9.99. The van der Waals surface area contributed by atoms with E-state index >= 15 is 0 Å². The van der Waals surface area contributed by atoms with Crippen LogP contribution >= 0.6 is 0 Å². The van der Waals surface area contributed by atoms with Crippen molar-refractivity contribution in [3.8, 4) is 0 Å². The Labute approximate surface area is 203 Å². The topological polar surface area (TPSA) is 108 Å². The standard InChI is InChI=1S/C24H33F3N4O4/c1-14(2)12-18(30-20(32)16(5)28-23(35)24(25,26)27)22(34)31(6)19(13-15(3)4)21(33)29-17-10-8-7-9-11-17/h7-11,15-16,18-19H,1,12-13H2,2-6H3,(H,28,35)(H,29,33)(H,30,32)/t16-,18+,19-/m0/s1. The smallest absolute Gasteiger partial charge is 0.342 e. The molecule has 35 heavy (non-hydrogen) atoms. The van der Waals surface area contributed by atoms with Gasteiger partial charge >= 0.3 is 12.1 Å². The number of nitrogens with zero attached hydrogens (tertiary/aromatic N) is 1. The third-order valence-corrected chi connectivity index (χ3v) is 5.02. The maximum absolute atomic E-state index is 13.3. The summed E-state index contributed by atoms with van der Waals surface area (Å²) >= 11 is 0. The van der Waals surface area contributed by atoms with Gasteiger partial charge in [-0.25, -0.2) is 0 Å². The van der Waals surface area contributed by atoms with Gasteiger partial charge in [-0.3, -0.25) is 19.2 Å². The van der Waals surface area contributed by atoms with Crippen LogP contribution in [0.15, 0.2) is 42.5 Å². The summed E-state index contributed by atoms with van der Waals surface area (Å²) in [6.07, 6.45) is -4.84. The molecule has 0 fully saturated rings. The van der Waals surface area contributed by atoms with Gasteiger partial charge in [-0.1, -0.05) is 37.6 Å². The fourth-order valence-corrected chi connectivity index (χ4v) is 3.22. The zero-order valence-corrected chi connectivity index (χ0v) is 20.5. The first-order chi connectivity index (χ1) is 16.1. The van der Waals surface area contributed by atoms with Gasteiger partial charge in [0.15, 0.2) is 0 Å². The van der Waals surface area contributed by atoms with Crippen molar-refractivity contribution in [2.24, 2.45) is 5.92 Å². The largest absolute Gasteiger partial charge is 0.471 e. The number of anilines is 1. The Morgan fingerprint density at radius 1 is 1.00 bits per heavy atom. The number of carbonyl (C=O) groups excluding carboxylic acids is 4. The molecule has 0 saturated carbocycles. The van der Waals surface area contributed by atoms with Gasteiger partial charge in [0, 0.05) is 12.7 Å². The van der Waals surface area contributed by atoms with E-state index in [2.05, 4.69) is 17.2 Å². The molecule has 0 radical (unpaired) electrons. The number of halogens is 3. The van der Waals surface area contributed by atoms with E-state index in [1.807, 2.05) is 13.8 Å². The molecule has 3 atom stereocenters. The fraction of sp³-hybridized carbons (Fsp3) is 0.500. The maximum Gasteiger partial charge on any atom is 0.471 e. The molecule has 0 bridgehead atoms. The summed E-state index contributed by atoms with van der Waals surface area (Å²) in [7, 11) is 1.42. The molecule has 1 aromatic carbocycles. The minimum absolute atomic E-state index is 0.0104. The lowest BCUT2D eigenvalue weighted by Gasteiger charge is -2.32. The van der Waals surface area contributed by atoms with E-state index in [1.165, 1.54) is 11.9 Å². The van der Waals surface area contributed by atoms with Crippen molar-refractivity contribution in [3.05, 3.63) is 42.5 Å². The number of nitrogens with one attached hydrogen (secondary N) is 3. The molecule has 0 aliphatic carbocycles. The van der Waals surface area contributed by atoms with Gasteiger partial charge in [-0.05, 0) is 44.7 Å². The van der Waals surface area contributed by atoms with Crippen LogP contribution in [0.25, 0.3) is 0 Å². The Hall–Kier alpha value is -3.37. The molecule has 1 aromatic rings. The number of hydrogen-bond donors (Lipinski definition) is 3. The summed E-state index contributed by atoms with van der Waals surface area (Å²) in [5.41, 5.74) is 1.08. The van der Waals surface area contributed by atoms with Gasteiger partial charge in [0.25, 0.3) is 0 Å². The molecule has 8 nitrogen and oxygen atoms in total. The van der Waals surface area contributed by atoms with Crippen molar-refractivity contribution >= 4 is 29.3 Å². The Kier molecular flexibility index (Phi) is 10.9. The first kappa shape index (κ1) is 29.7. The van der Waals surface area contributed by atoms with Crippen LogP contribution in [0.1, 0.15) is 40.5 Å². The SMILES string of the molecule is C=C(C)C[C@@H](NC(=O)[C@H](C)NC(=O)C(F)(F)F)C(=O)N(C)[C@@H](CC(C)C)C(=O)Nc1ccccc1. The van der Waals surface area contributed by atoms with Crippen LogP contribution in [-0.4, -0.2) is 59.9 Å². The summed E-state index contributed by atoms with van der Waals surface area (Å²) in [4.78, 5) is 51.2. The Morgan fingerprint density at radius 2 is 1.57 bits per heavy atom. The highest BCUT2D eigenvalue weighted by Crippen LogP contribution is 2.17. The summed E-state index contributed by atoms with van der Waals surface area (Å²) in [6.45, 7) is 10.2. The molecule has 0 aromatic heterocycles. The number of hydrogen-bond acceptors (Lipinski definition) is 4. The summed E-state index contributed by atoms with van der Waals surface area (Å²) in [6, 6.07) is 5.06. The highest BCUT2D eigenvalue weighted by Gasteiger charge is 2.40. The number of likely N-dealkylation sites (N-methyl/N-ethyl adjacent to an activating group) is 1. The second-order valence-electron chi connectivity index (χ2n) is 8.87. The highest BCUT2D eigenvalue weighted by molar-refractivity contribution is 5.99. The van der Waals surface area contributed by atoms with Crippen LogP contribution in [0.4, 0.5) is 18.9 Å². The van der Waals surface area contributed by atoms with Crippen molar-refractivity contribution < 1.29 is 32.3 Å². The van der Waals surface area contributed by atoms with Gasteiger partial charge in [-0.15, -0.1) is 6.58 Å². The molecule has 11 heteroatoms. The summed E-state index contributed by atoms with van der Waals surface area (Å²) in [5, 5.41) is 6.70. The van der Waals surface area contributed by atoms with E-state index in [0.717, 1.165) is 6.92 Å². The third kappa shape index (κ3) is 9.79. The fourth-order valence-electron chi connectivity index (χ4n) is 3.22. The van der Waals surface area contributed by atoms with Gasteiger partial charge in [-0.2, -0.15) is 13.2 Å². The number of alkyl halides is 3. The molecule has 0 aliphatic rings. The van der Waals surface area contributed by atoms with Gasteiger partial charge in [0.2, 0.25) is 17.7 Å². The van der Waals surface area contributed by atoms with Crippen LogP contribution < -0.4 is 16.0 Å². The number of benzene rings is 1. The molecular weight excluding hydrogens is 465 g/mol. The number of rotatable bonds is 11. The molecule has 194 valence electrons. The minimum atomic E-state index is -5.15. The second kappa shape index (κ2) is 12.9. The molecule has 0 spiro atoms. The van der Waals surface area contributed by atoms with Crippen molar-refractivity contribution in [1.82, 2.24) is 15.5 Å². The Bertz CT molecular complexity index is 919. The Balaban J connectivity index is 3.06. The first-order valence-electron chi connectivity index (χ1n) is 11.1. The predicted molar refractivity (Wildman–Crippen MR) is 126 cm³/mol. The number of amides is 4. The zero-order chi connectivity index (χ0) is 26.9. The van der Waals surface area contributed by atoms with Crippen LogP contribution in [0.2, 0.25) is 0 Å². The van der Waals surface area contributed by atoms with E-state index in [0.29, 0.717) is 17.7 Å². The second-order valence-corrected chi connectivity index (χ2v) is 8.87. The van der Waals surface area contributed by atoms with Crippen LogP contribution in [-0.2, 0) is 19.2 Å².